The van der Waals surface area contributed by atoms with Gasteiger partial charge in [-0.3, -0.25) is 4.79 Å². The molecule has 5 nitrogen and oxygen atoms in total. The fourth-order valence-electron chi connectivity index (χ4n) is 1.23. The Hall–Kier alpha value is -1.01. The highest BCUT2D eigenvalue weighted by Crippen LogP contribution is 2.12. The zero-order valence-electron chi connectivity index (χ0n) is 9.69. The molecule has 1 unspecified atom stereocenters. The second kappa shape index (κ2) is 6.55. The SMILES string of the molecule is CCCc1nnsc1C(=O)NCC(N)CC. The van der Waals surface area contributed by atoms with Crippen molar-refractivity contribution in [3.8, 4) is 0 Å². The van der Waals surface area contributed by atoms with E-state index in [0.717, 1.165) is 36.5 Å². The maximum atomic E-state index is 11.8. The molecule has 1 aromatic rings. The van der Waals surface area contributed by atoms with Crippen molar-refractivity contribution in [2.75, 3.05) is 6.54 Å². The number of carbonyl (C=O) groups is 1. The van der Waals surface area contributed by atoms with Crippen molar-refractivity contribution in [1.29, 1.82) is 0 Å². The monoisotopic (exact) mass is 242 g/mol. The molecule has 1 aromatic heterocycles. The number of aryl methyl sites for hydroxylation is 1. The Morgan fingerprint density at radius 3 is 2.94 bits per heavy atom. The number of aromatic nitrogens is 2. The summed E-state index contributed by atoms with van der Waals surface area (Å²) in [5, 5.41) is 6.75. The number of rotatable bonds is 6. The average molecular weight is 242 g/mol. The van der Waals surface area contributed by atoms with Gasteiger partial charge in [-0.2, -0.15) is 0 Å². The summed E-state index contributed by atoms with van der Waals surface area (Å²) in [6.07, 6.45) is 2.60. The molecule has 0 bridgehead atoms. The van der Waals surface area contributed by atoms with Crippen molar-refractivity contribution in [2.45, 2.75) is 39.2 Å². The van der Waals surface area contributed by atoms with Crippen molar-refractivity contribution >= 4 is 17.4 Å². The van der Waals surface area contributed by atoms with Gasteiger partial charge in [0.15, 0.2) is 0 Å². The van der Waals surface area contributed by atoms with Crippen LogP contribution in [0.3, 0.4) is 0 Å². The molecule has 1 heterocycles. The number of nitrogens with zero attached hydrogens (tertiary/aromatic N) is 2. The van der Waals surface area contributed by atoms with E-state index >= 15 is 0 Å². The van der Waals surface area contributed by atoms with Crippen LogP contribution in [-0.2, 0) is 6.42 Å². The molecule has 0 fully saturated rings. The number of nitrogens with two attached hydrogens (primary N) is 1. The van der Waals surface area contributed by atoms with Crippen molar-refractivity contribution in [2.24, 2.45) is 5.73 Å². The lowest BCUT2D eigenvalue weighted by Gasteiger charge is -2.09. The van der Waals surface area contributed by atoms with Gasteiger partial charge < -0.3 is 11.1 Å². The Balaban J connectivity index is 2.55. The minimum absolute atomic E-state index is 0.0134. The molecule has 0 aliphatic heterocycles. The minimum atomic E-state index is -0.109. The Morgan fingerprint density at radius 1 is 1.56 bits per heavy atom. The van der Waals surface area contributed by atoms with Crippen LogP contribution in [0.15, 0.2) is 0 Å². The fraction of sp³-hybridized carbons (Fsp3) is 0.700. The fourth-order valence-corrected chi connectivity index (χ4v) is 1.85. The third-order valence-corrected chi connectivity index (χ3v) is 3.06. The van der Waals surface area contributed by atoms with E-state index in [0.29, 0.717) is 11.4 Å². The molecule has 16 heavy (non-hydrogen) atoms. The maximum absolute atomic E-state index is 11.8. The number of hydrogen-bond donors (Lipinski definition) is 2. The van der Waals surface area contributed by atoms with Crippen LogP contribution in [0.1, 0.15) is 42.1 Å². The Morgan fingerprint density at radius 2 is 2.31 bits per heavy atom. The molecular formula is C10H18N4OS. The van der Waals surface area contributed by atoms with Crippen LogP contribution < -0.4 is 11.1 Å². The molecule has 0 aromatic carbocycles. The molecular weight excluding hydrogens is 224 g/mol. The van der Waals surface area contributed by atoms with Crippen molar-refractivity contribution in [3.05, 3.63) is 10.6 Å². The minimum Gasteiger partial charge on any atom is -0.350 e. The van der Waals surface area contributed by atoms with Crippen LogP contribution in [0.2, 0.25) is 0 Å². The van der Waals surface area contributed by atoms with E-state index in [1.807, 2.05) is 13.8 Å². The predicted octanol–water partition coefficient (Wildman–Crippen LogP) is 0.958. The maximum Gasteiger partial charge on any atom is 0.265 e. The van der Waals surface area contributed by atoms with Gasteiger partial charge in [0.05, 0.1) is 5.69 Å². The first-order valence-corrected chi connectivity index (χ1v) is 6.31. The number of amides is 1. The molecule has 0 aliphatic carbocycles. The summed E-state index contributed by atoms with van der Waals surface area (Å²) in [5.74, 6) is -0.109. The lowest BCUT2D eigenvalue weighted by Crippen LogP contribution is -2.36. The molecule has 0 saturated heterocycles. The van der Waals surface area contributed by atoms with Crippen LogP contribution in [0.4, 0.5) is 0 Å². The van der Waals surface area contributed by atoms with E-state index in [4.69, 9.17) is 5.73 Å². The average Bonchev–Trinajstić information content (AvgIpc) is 2.74. The standard InChI is InChI=1S/C10H18N4OS/c1-3-5-8-9(16-14-13-8)10(15)12-6-7(11)4-2/h7H,3-6,11H2,1-2H3,(H,12,15). The highest BCUT2D eigenvalue weighted by molar-refractivity contribution is 7.08. The molecule has 0 radical (unpaired) electrons. The number of nitrogens with one attached hydrogen (secondary N) is 1. The molecule has 1 rings (SSSR count). The Kier molecular flexibility index (Phi) is 5.34. The lowest BCUT2D eigenvalue weighted by molar-refractivity contribution is 0.0954. The lowest BCUT2D eigenvalue weighted by atomic mass is 10.2. The molecule has 0 saturated carbocycles. The highest BCUT2D eigenvalue weighted by Gasteiger charge is 2.15. The number of hydrogen-bond acceptors (Lipinski definition) is 5. The highest BCUT2D eigenvalue weighted by atomic mass is 32.1. The van der Waals surface area contributed by atoms with E-state index in [1.54, 1.807) is 0 Å². The van der Waals surface area contributed by atoms with Crippen LogP contribution in [0, 0.1) is 0 Å². The van der Waals surface area contributed by atoms with Crippen molar-refractivity contribution < 1.29 is 4.79 Å². The van der Waals surface area contributed by atoms with Gasteiger partial charge in [0.2, 0.25) is 0 Å². The van der Waals surface area contributed by atoms with Gasteiger partial charge in [0.1, 0.15) is 4.88 Å². The second-order valence-corrected chi connectivity index (χ2v) is 4.43. The largest absolute Gasteiger partial charge is 0.350 e. The summed E-state index contributed by atoms with van der Waals surface area (Å²) in [5.41, 5.74) is 6.52. The molecule has 6 heteroatoms. The van der Waals surface area contributed by atoms with Gasteiger partial charge in [-0.15, -0.1) is 5.10 Å². The van der Waals surface area contributed by atoms with Crippen molar-refractivity contribution in [3.63, 3.8) is 0 Å². The Bertz CT molecular complexity index is 339. The Labute approximate surface area is 99.6 Å². The summed E-state index contributed by atoms with van der Waals surface area (Å²) < 4.78 is 3.81. The summed E-state index contributed by atoms with van der Waals surface area (Å²) in [6.45, 7) is 4.54. The first-order valence-electron chi connectivity index (χ1n) is 5.54. The molecule has 0 aliphatic rings. The molecule has 3 N–H and O–H groups in total. The van der Waals surface area contributed by atoms with Crippen molar-refractivity contribution in [1.82, 2.24) is 14.9 Å². The third-order valence-electron chi connectivity index (χ3n) is 2.30. The topological polar surface area (TPSA) is 80.9 Å². The smallest absolute Gasteiger partial charge is 0.265 e. The predicted molar refractivity (Wildman–Crippen MR) is 64.5 cm³/mol. The summed E-state index contributed by atoms with van der Waals surface area (Å²) >= 11 is 1.14. The van der Waals surface area contributed by atoms with E-state index in [9.17, 15) is 4.79 Å². The first-order chi connectivity index (χ1) is 7.69. The van der Waals surface area contributed by atoms with Crippen LogP contribution in [-0.4, -0.2) is 28.1 Å². The zero-order chi connectivity index (χ0) is 12.0. The number of carbonyl (C=O) groups excluding carboxylic acids is 1. The van der Waals surface area contributed by atoms with Gasteiger partial charge >= 0.3 is 0 Å². The van der Waals surface area contributed by atoms with Gasteiger partial charge in [-0.25, -0.2) is 0 Å². The van der Waals surface area contributed by atoms with E-state index < -0.39 is 0 Å². The van der Waals surface area contributed by atoms with E-state index in [1.165, 1.54) is 0 Å². The third kappa shape index (κ3) is 3.53. The summed E-state index contributed by atoms with van der Waals surface area (Å²) in [6, 6.07) is 0.0134. The normalized spacial score (nSPS) is 12.4. The van der Waals surface area contributed by atoms with E-state index in [-0.39, 0.29) is 11.9 Å². The van der Waals surface area contributed by atoms with Gasteiger partial charge in [0.25, 0.3) is 5.91 Å². The molecule has 90 valence electrons. The van der Waals surface area contributed by atoms with Gasteiger partial charge in [-0.05, 0) is 24.4 Å². The summed E-state index contributed by atoms with van der Waals surface area (Å²) in [7, 11) is 0. The van der Waals surface area contributed by atoms with Gasteiger partial charge in [-0.1, -0.05) is 24.8 Å². The molecule has 1 amide bonds. The quantitative estimate of drug-likeness (QED) is 0.778. The molecule has 0 spiro atoms. The first kappa shape index (κ1) is 13.1. The van der Waals surface area contributed by atoms with Crippen LogP contribution in [0.5, 0.6) is 0 Å². The van der Waals surface area contributed by atoms with Gasteiger partial charge in [0, 0.05) is 12.6 Å². The summed E-state index contributed by atoms with van der Waals surface area (Å²) in [4.78, 5) is 12.4. The van der Waals surface area contributed by atoms with Crippen LogP contribution in [0.25, 0.3) is 0 Å². The molecule has 1 atom stereocenters. The zero-order valence-corrected chi connectivity index (χ0v) is 10.5. The van der Waals surface area contributed by atoms with Crippen LogP contribution >= 0.6 is 11.5 Å². The second-order valence-electron chi connectivity index (χ2n) is 3.68. The van der Waals surface area contributed by atoms with E-state index in [2.05, 4.69) is 14.9 Å².